The van der Waals surface area contributed by atoms with Gasteiger partial charge in [0, 0.05) is 0 Å². The average Bonchev–Trinajstić information content (AvgIpc) is 2.26. The Balaban J connectivity index is 0.000000253. The highest BCUT2D eigenvalue weighted by atomic mass is 16.3. The predicted octanol–water partition coefficient (Wildman–Crippen LogP) is 1.57. The summed E-state index contributed by atoms with van der Waals surface area (Å²) in [6.45, 7) is 0. The number of allylic oxidation sites excluding steroid dienone is 2. The first-order valence-corrected chi connectivity index (χ1v) is 5.82. The van der Waals surface area contributed by atoms with Gasteiger partial charge in [0.1, 0.15) is 0 Å². The van der Waals surface area contributed by atoms with Crippen molar-refractivity contribution in [2.24, 2.45) is 0 Å². The molecule has 0 amide bonds. The molecule has 2 aliphatic rings. The number of hydrogen-bond acceptors (Lipinski definition) is 2. The Kier molecular flexibility index (Phi) is 8.67. The van der Waals surface area contributed by atoms with Crippen LogP contribution in [0.4, 0.5) is 0 Å². The van der Waals surface area contributed by atoms with Gasteiger partial charge >= 0.3 is 0 Å². The Labute approximate surface area is 92.1 Å². The Bertz CT molecular complexity index is 150. The molecule has 0 aromatic carbocycles. The van der Waals surface area contributed by atoms with Gasteiger partial charge in [0.15, 0.2) is 0 Å². The van der Waals surface area contributed by atoms with Crippen LogP contribution in [-0.4, -0.2) is 27.9 Å². The van der Waals surface area contributed by atoms with Crippen LogP contribution < -0.4 is 0 Å². The lowest BCUT2D eigenvalue weighted by Crippen LogP contribution is -2.28. The van der Waals surface area contributed by atoms with E-state index >= 15 is 0 Å². The molecule has 0 aromatic rings. The van der Waals surface area contributed by atoms with Crippen molar-refractivity contribution in [3.8, 4) is 0 Å². The Morgan fingerprint density at radius 1 is 0.733 bits per heavy atom. The quantitative estimate of drug-likeness (QED) is 0.603. The van der Waals surface area contributed by atoms with Crippen molar-refractivity contribution in [3.05, 3.63) is 12.2 Å². The van der Waals surface area contributed by atoms with Crippen molar-refractivity contribution in [2.45, 2.75) is 63.6 Å². The first-order chi connectivity index (χ1) is 6.80. The fourth-order valence-electron chi connectivity index (χ4n) is 1.85. The van der Waals surface area contributed by atoms with Crippen LogP contribution in [0.3, 0.4) is 0 Å². The number of aliphatic hydroxyl groups is 2. The van der Waals surface area contributed by atoms with Gasteiger partial charge in [-0.25, -0.2) is 0 Å². The number of hydrogen-bond donors (Lipinski definition) is 2. The summed E-state index contributed by atoms with van der Waals surface area (Å²) in [5, 5.41) is 17.9. The summed E-state index contributed by atoms with van der Waals surface area (Å²) in [6, 6.07) is 0. The van der Waals surface area contributed by atoms with Crippen LogP contribution in [0.15, 0.2) is 12.2 Å². The lowest BCUT2D eigenvalue weighted by Gasteiger charge is -2.22. The molecule has 0 heterocycles. The van der Waals surface area contributed by atoms with Gasteiger partial charge in [0.25, 0.3) is 0 Å². The average molecular weight is 216 g/mol. The Morgan fingerprint density at radius 3 is 1.33 bits per heavy atom. The highest BCUT2D eigenvalue weighted by molar-refractivity contribution is 4.85. The third-order valence-electron chi connectivity index (χ3n) is 2.85. The van der Waals surface area contributed by atoms with E-state index in [1.54, 1.807) is 0 Å². The van der Waals surface area contributed by atoms with Gasteiger partial charge < -0.3 is 15.7 Å². The molecule has 2 atom stereocenters. The maximum absolute atomic E-state index is 8.93. The molecule has 1 fully saturated rings. The molecule has 15 heavy (non-hydrogen) atoms. The van der Waals surface area contributed by atoms with E-state index in [0.717, 1.165) is 25.7 Å². The minimum atomic E-state index is -0.441. The summed E-state index contributed by atoms with van der Waals surface area (Å²) in [5.41, 5.74) is 0. The lowest BCUT2D eigenvalue weighted by atomic mass is 9.95. The van der Waals surface area contributed by atoms with Crippen LogP contribution in [0.25, 0.3) is 0 Å². The fourth-order valence-corrected chi connectivity index (χ4v) is 1.85. The maximum atomic E-state index is 8.93. The second kappa shape index (κ2) is 8.89. The van der Waals surface area contributed by atoms with E-state index in [-0.39, 0.29) is 5.48 Å². The SMILES string of the molecule is C1=CCCCC1.O.OC1CCCCC1O. The zero-order valence-corrected chi connectivity index (χ0v) is 9.36. The molecule has 0 aromatic heterocycles. The van der Waals surface area contributed by atoms with E-state index in [1.165, 1.54) is 25.7 Å². The molecule has 1 saturated carbocycles. The molecule has 0 saturated heterocycles. The molecule has 0 bridgehead atoms. The maximum Gasteiger partial charge on any atom is 0.0799 e. The van der Waals surface area contributed by atoms with Crippen molar-refractivity contribution in [1.82, 2.24) is 0 Å². The van der Waals surface area contributed by atoms with Crippen LogP contribution in [0.2, 0.25) is 0 Å². The third-order valence-corrected chi connectivity index (χ3v) is 2.85. The standard InChI is InChI=1S/C6H12O2.C6H10.H2O/c7-5-3-1-2-4-6(5)8;1-2-4-6-5-3-1;/h5-8H,1-4H2;1-2H,3-6H2;1H2. The van der Waals surface area contributed by atoms with Crippen LogP contribution in [0.1, 0.15) is 51.4 Å². The minimum absolute atomic E-state index is 0. The van der Waals surface area contributed by atoms with Crippen LogP contribution in [0.5, 0.6) is 0 Å². The molecule has 2 unspecified atom stereocenters. The van der Waals surface area contributed by atoms with E-state index < -0.39 is 12.2 Å². The van der Waals surface area contributed by atoms with Crippen molar-refractivity contribution >= 4 is 0 Å². The molecule has 2 aliphatic carbocycles. The van der Waals surface area contributed by atoms with Gasteiger partial charge in [-0.05, 0) is 38.5 Å². The van der Waals surface area contributed by atoms with Crippen molar-refractivity contribution in [1.29, 1.82) is 0 Å². The highest BCUT2D eigenvalue weighted by Crippen LogP contribution is 2.17. The zero-order valence-electron chi connectivity index (χ0n) is 9.36. The summed E-state index contributed by atoms with van der Waals surface area (Å²) >= 11 is 0. The fraction of sp³-hybridized carbons (Fsp3) is 0.833. The van der Waals surface area contributed by atoms with Crippen molar-refractivity contribution in [2.75, 3.05) is 0 Å². The first kappa shape index (κ1) is 14.6. The normalized spacial score (nSPS) is 29.7. The third kappa shape index (κ3) is 6.66. The largest absolute Gasteiger partial charge is 0.412 e. The summed E-state index contributed by atoms with van der Waals surface area (Å²) in [7, 11) is 0. The van der Waals surface area contributed by atoms with Gasteiger partial charge in [-0.1, -0.05) is 25.0 Å². The molecule has 3 nitrogen and oxygen atoms in total. The molecular formula is C12H24O3. The number of rotatable bonds is 0. The van der Waals surface area contributed by atoms with E-state index in [9.17, 15) is 0 Å². The van der Waals surface area contributed by atoms with Crippen molar-refractivity contribution < 1.29 is 15.7 Å². The Morgan fingerprint density at radius 2 is 1.13 bits per heavy atom. The smallest absolute Gasteiger partial charge is 0.0799 e. The second-order valence-corrected chi connectivity index (χ2v) is 4.18. The minimum Gasteiger partial charge on any atom is -0.412 e. The first-order valence-electron chi connectivity index (χ1n) is 5.82. The molecule has 0 radical (unpaired) electrons. The topological polar surface area (TPSA) is 72.0 Å². The highest BCUT2D eigenvalue weighted by Gasteiger charge is 2.19. The van der Waals surface area contributed by atoms with Gasteiger partial charge in [-0.15, -0.1) is 0 Å². The van der Waals surface area contributed by atoms with Gasteiger partial charge in [0.05, 0.1) is 12.2 Å². The van der Waals surface area contributed by atoms with E-state index in [1.807, 2.05) is 0 Å². The molecule has 2 rings (SSSR count). The molecule has 0 aliphatic heterocycles. The predicted molar refractivity (Wildman–Crippen MR) is 61.7 cm³/mol. The van der Waals surface area contributed by atoms with Crippen molar-refractivity contribution in [3.63, 3.8) is 0 Å². The van der Waals surface area contributed by atoms with Crippen LogP contribution in [-0.2, 0) is 0 Å². The van der Waals surface area contributed by atoms with Gasteiger partial charge in [-0.2, -0.15) is 0 Å². The van der Waals surface area contributed by atoms with Gasteiger partial charge in [-0.3, -0.25) is 0 Å². The van der Waals surface area contributed by atoms with E-state index in [4.69, 9.17) is 10.2 Å². The second-order valence-electron chi connectivity index (χ2n) is 4.18. The number of aliphatic hydroxyl groups excluding tert-OH is 2. The summed E-state index contributed by atoms with van der Waals surface area (Å²) < 4.78 is 0. The summed E-state index contributed by atoms with van der Waals surface area (Å²) in [6.07, 6.45) is 12.8. The monoisotopic (exact) mass is 216 g/mol. The molecule has 4 N–H and O–H groups in total. The Hall–Kier alpha value is -0.380. The summed E-state index contributed by atoms with van der Waals surface area (Å²) in [5.74, 6) is 0. The summed E-state index contributed by atoms with van der Waals surface area (Å²) in [4.78, 5) is 0. The molecular weight excluding hydrogens is 192 g/mol. The van der Waals surface area contributed by atoms with E-state index in [0.29, 0.717) is 0 Å². The van der Waals surface area contributed by atoms with Gasteiger partial charge in [0.2, 0.25) is 0 Å². The molecule has 90 valence electrons. The lowest BCUT2D eigenvalue weighted by molar-refractivity contribution is -0.00865. The molecule has 0 spiro atoms. The van der Waals surface area contributed by atoms with Crippen LogP contribution in [0, 0.1) is 0 Å². The molecule has 3 heteroatoms. The van der Waals surface area contributed by atoms with Crippen LogP contribution >= 0.6 is 0 Å². The van der Waals surface area contributed by atoms with E-state index in [2.05, 4.69) is 12.2 Å². The zero-order chi connectivity index (χ0) is 10.2.